The van der Waals surface area contributed by atoms with Crippen LogP contribution in [0.15, 0.2) is 71.9 Å². The Morgan fingerprint density at radius 2 is 1.83 bits per heavy atom. The van der Waals surface area contributed by atoms with Crippen molar-refractivity contribution in [1.29, 1.82) is 0 Å². The predicted octanol–water partition coefficient (Wildman–Crippen LogP) is 2.08. The summed E-state index contributed by atoms with van der Waals surface area (Å²) >= 11 is 0. The van der Waals surface area contributed by atoms with Crippen LogP contribution < -0.4 is 10.5 Å². The molecule has 3 N–H and O–H groups in total. The number of nitrogens with one attached hydrogen (secondary N) is 1. The minimum absolute atomic E-state index is 0.186. The highest BCUT2D eigenvalue weighted by molar-refractivity contribution is 7.89. The summed E-state index contributed by atoms with van der Waals surface area (Å²) in [6.07, 6.45) is 3.96. The number of hydrogen-bond acceptors (Lipinski definition) is 4. The molecule has 3 aromatic rings. The molecule has 0 aliphatic rings. The van der Waals surface area contributed by atoms with Crippen molar-refractivity contribution in [3.8, 4) is 0 Å². The van der Waals surface area contributed by atoms with Crippen LogP contribution in [0.2, 0.25) is 0 Å². The zero-order chi connectivity index (χ0) is 17.0. The first-order chi connectivity index (χ1) is 11.5. The van der Waals surface area contributed by atoms with E-state index in [4.69, 9.17) is 5.73 Å². The summed E-state index contributed by atoms with van der Waals surface area (Å²) in [5, 5.41) is 1.73. The van der Waals surface area contributed by atoms with Crippen molar-refractivity contribution in [3.63, 3.8) is 0 Å². The average Bonchev–Trinajstić information content (AvgIpc) is 2.60. The van der Waals surface area contributed by atoms with Crippen LogP contribution in [-0.4, -0.2) is 26.0 Å². The topological polar surface area (TPSA) is 85.1 Å². The molecule has 0 unspecified atom stereocenters. The van der Waals surface area contributed by atoms with E-state index in [0.29, 0.717) is 6.42 Å². The van der Waals surface area contributed by atoms with Crippen molar-refractivity contribution in [1.82, 2.24) is 9.71 Å². The molecule has 0 fully saturated rings. The molecule has 0 saturated carbocycles. The highest BCUT2D eigenvalue weighted by Crippen LogP contribution is 2.18. The first-order valence-corrected chi connectivity index (χ1v) is 9.16. The molecule has 3 rings (SSSR count). The SMILES string of the molecule is N[C@H](CNS(=O)(=O)c1ccc2cnccc2c1)Cc1ccccc1. The van der Waals surface area contributed by atoms with E-state index in [2.05, 4.69) is 9.71 Å². The molecule has 0 bridgehead atoms. The number of nitrogens with two attached hydrogens (primary N) is 1. The van der Waals surface area contributed by atoms with E-state index in [-0.39, 0.29) is 17.5 Å². The summed E-state index contributed by atoms with van der Waals surface area (Å²) in [5.41, 5.74) is 7.13. The number of benzene rings is 2. The molecule has 0 aliphatic heterocycles. The molecule has 0 aliphatic carbocycles. The highest BCUT2D eigenvalue weighted by Gasteiger charge is 2.16. The van der Waals surface area contributed by atoms with E-state index >= 15 is 0 Å². The maximum atomic E-state index is 12.5. The lowest BCUT2D eigenvalue weighted by atomic mass is 10.1. The molecule has 124 valence electrons. The van der Waals surface area contributed by atoms with Gasteiger partial charge in [0, 0.05) is 30.4 Å². The van der Waals surface area contributed by atoms with Gasteiger partial charge in [-0.1, -0.05) is 36.4 Å². The monoisotopic (exact) mass is 341 g/mol. The van der Waals surface area contributed by atoms with Gasteiger partial charge in [0.2, 0.25) is 10.0 Å². The Morgan fingerprint density at radius 1 is 1.04 bits per heavy atom. The van der Waals surface area contributed by atoms with Crippen molar-refractivity contribution in [2.24, 2.45) is 5.73 Å². The minimum atomic E-state index is -3.59. The molecule has 1 heterocycles. The second-order valence-corrected chi connectivity index (χ2v) is 7.45. The van der Waals surface area contributed by atoms with Crippen molar-refractivity contribution in [2.45, 2.75) is 17.4 Å². The molecule has 1 atom stereocenters. The van der Waals surface area contributed by atoms with Gasteiger partial charge < -0.3 is 5.73 Å². The van der Waals surface area contributed by atoms with Gasteiger partial charge in [-0.25, -0.2) is 13.1 Å². The maximum Gasteiger partial charge on any atom is 0.240 e. The molecule has 5 nitrogen and oxygen atoms in total. The predicted molar refractivity (Wildman–Crippen MR) is 95.1 cm³/mol. The molecule has 1 aromatic heterocycles. The third-order valence-electron chi connectivity index (χ3n) is 3.80. The number of pyridine rings is 1. The van der Waals surface area contributed by atoms with Crippen LogP contribution in [0.4, 0.5) is 0 Å². The fourth-order valence-corrected chi connectivity index (χ4v) is 3.65. The highest BCUT2D eigenvalue weighted by atomic mass is 32.2. The van der Waals surface area contributed by atoms with Gasteiger partial charge in [0.05, 0.1) is 4.90 Å². The number of hydrogen-bond donors (Lipinski definition) is 2. The fourth-order valence-electron chi connectivity index (χ4n) is 2.52. The van der Waals surface area contributed by atoms with Gasteiger partial charge in [-0.2, -0.15) is 0 Å². The largest absolute Gasteiger partial charge is 0.326 e. The Hall–Kier alpha value is -2.28. The quantitative estimate of drug-likeness (QED) is 0.719. The van der Waals surface area contributed by atoms with E-state index in [0.717, 1.165) is 16.3 Å². The summed E-state index contributed by atoms with van der Waals surface area (Å²) in [5.74, 6) is 0. The number of sulfonamides is 1. The van der Waals surface area contributed by atoms with E-state index in [1.807, 2.05) is 30.3 Å². The molecule has 24 heavy (non-hydrogen) atoms. The zero-order valence-electron chi connectivity index (χ0n) is 13.1. The van der Waals surface area contributed by atoms with E-state index in [1.165, 1.54) is 0 Å². The first-order valence-electron chi connectivity index (χ1n) is 7.67. The summed E-state index contributed by atoms with van der Waals surface area (Å²) in [7, 11) is -3.59. The molecule has 6 heteroatoms. The third-order valence-corrected chi connectivity index (χ3v) is 5.22. The number of nitrogens with zero attached hydrogens (tertiary/aromatic N) is 1. The average molecular weight is 341 g/mol. The van der Waals surface area contributed by atoms with Crippen LogP contribution in [0.25, 0.3) is 10.8 Å². The van der Waals surface area contributed by atoms with Crippen LogP contribution in [0.5, 0.6) is 0 Å². The van der Waals surface area contributed by atoms with E-state index < -0.39 is 10.0 Å². The Balaban J connectivity index is 1.68. The second-order valence-electron chi connectivity index (χ2n) is 5.69. The van der Waals surface area contributed by atoms with Gasteiger partial charge in [-0.3, -0.25) is 4.98 Å². The van der Waals surface area contributed by atoms with E-state index in [1.54, 1.807) is 36.7 Å². The summed E-state index contributed by atoms with van der Waals surface area (Å²) in [6.45, 7) is 0.186. The maximum absolute atomic E-state index is 12.5. The summed E-state index contributed by atoms with van der Waals surface area (Å²) in [4.78, 5) is 4.25. The van der Waals surface area contributed by atoms with Gasteiger partial charge in [0.1, 0.15) is 0 Å². The van der Waals surface area contributed by atoms with Gasteiger partial charge in [-0.15, -0.1) is 0 Å². The van der Waals surface area contributed by atoms with Gasteiger partial charge in [0.25, 0.3) is 0 Å². The van der Waals surface area contributed by atoms with Gasteiger partial charge in [-0.05, 0) is 35.6 Å². The van der Waals surface area contributed by atoms with Crippen LogP contribution in [0.3, 0.4) is 0 Å². The van der Waals surface area contributed by atoms with Crippen LogP contribution in [-0.2, 0) is 16.4 Å². The van der Waals surface area contributed by atoms with Crippen LogP contribution >= 0.6 is 0 Å². The Kier molecular flexibility index (Phi) is 4.89. The first kappa shape index (κ1) is 16.6. The van der Waals surface area contributed by atoms with Gasteiger partial charge in [0.15, 0.2) is 0 Å². The molecule has 0 radical (unpaired) electrons. The van der Waals surface area contributed by atoms with Gasteiger partial charge >= 0.3 is 0 Å². The molecule has 0 spiro atoms. The fraction of sp³-hybridized carbons (Fsp3) is 0.167. The van der Waals surface area contributed by atoms with Crippen LogP contribution in [0, 0.1) is 0 Å². The number of fused-ring (bicyclic) bond motifs is 1. The van der Waals surface area contributed by atoms with Crippen molar-refractivity contribution in [2.75, 3.05) is 6.54 Å². The lowest BCUT2D eigenvalue weighted by Crippen LogP contribution is -2.38. The van der Waals surface area contributed by atoms with Crippen molar-refractivity contribution >= 4 is 20.8 Å². The molecular formula is C18H19N3O2S. The summed E-state index contributed by atoms with van der Waals surface area (Å²) < 4.78 is 27.5. The standard InChI is InChI=1S/C18H19N3O2S/c19-17(10-14-4-2-1-3-5-14)13-21-24(22,23)18-7-6-16-12-20-9-8-15(16)11-18/h1-9,11-12,17,21H,10,13,19H2/t17-/m0/s1. The Morgan fingerprint density at radius 3 is 2.62 bits per heavy atom. The second kappa shape index (κ2) is 7.09. The van der Waals surface area contributed by atoms with Crippen molar-refractivity contribution < 1.29 is 8.42 Å². The molecular weight excluding hydrogens is 322 g/mol. The normalized spacial score (nSPS) is 13.0. The summed E-state index contributed by atoms with van der Waals surface area (Å²) in [6, 6.07) is 16.2. The number of aromatic nitrogens is 1. The molecule has 0 saturated heterocycles. The lowest BCUT2D eigenvalue weighted by molar-refractivity contribution is 0.567. The Labute approximate surface area is 141 Å². The zero-order valence-corrected chi connectivity index (χ0v) is 13.9. The smallest absolute Gasteiger partial charge is 0.240 e. The minimum Gasteiger partial charge on any atom is -0.326 e. The lowest BCUT2D eigenvalue weighted by Gasteiger charge is -2.13. The molecule has 0 amide bonds. The van der Waals surface area contributed by atoms with E-state index in [9.17, 15) is 8.42 Å². The van der Waals surface area contributed by atoms with Crippen LogP contribution in [0.1, 0.15) is 5.56 Å². The van der Waals surface area contributed by atoms with Crippen molar-refractivity contribution in [3.05, 3.63) is 72.6 Å². The number of rotatable bonds is 6. The molecule has 2 aromatic carbocycles. The third kappa shape index (κ3) is 3.97. The Bertz CT molecular complexity index is 927.